The predicted octanol–water partition coefficient (Wildman–Crippen LogP) is 1.81. The number of nitrogens with two attached hydrogens (primary N) is 1. The molecule has 0 aliphatic carbocycles. The maximum Gasteiger partial charge on any atom is 0.295 e. The SMILES string of the molecule is Cc1c(C)c([N+](=O)[O-])c(N)c(C)c1O. The van der Waals surface area contributed by atoms with E-state index in [1.807, 2.05) is 0 Å². The quantitative estimate of drug-likeness (QED) is 0.407. The molecule has 3 N–H and O–H groups in total. The van der Waals surface area contributed by atoms with Gasteiger partial charge in [0, 0.05) is 16.7 Å². The summed E-state index contributed by atoms with van der Waals surface area (Å²) in [6, 6.07) is 0. The summed E-state index contributed by atoms with van der Waals surface area (Å²) in [5, 5.41) is 20.3. The maximum absolute atomic E-state index is 10.7. The number of nitro benzene ring substituents is 1. The summed E-state index contributed by atoms with van der Waals surface area (Å²) in [6.45, 7) is 4.76. The first-order valence-electron chi connectivity index (χ1n) is 4.10. The van der Waals surface area contributed by atoms with Gasteiger partial charge in [0.1, 0.15) is 11.4 Å². The summed E-state index contributed by atoms with van der Waals surface area (Å²) in [5.74, 6) is 0.0330. The average molecular weight is 196 g/mol. The van der Waals surface area contributed by atoms with Crippen LogP contribution in [0, 0.1) is 30.9 Å². The lowest BCUT2D eigenvalue weighted by molar-refractivity contribution is -0.384. The van der Waals surface area contributed by atoms with Crippen molar-refractivity contribution in [3.8, 4) is 5.75 Å². The Morgan fingerprint density at radius 1 is 1.21 bits per heavy atom. The van der Waals surface area contributed by atoms with Gasteiger partial charge < -0.3 is 10.8 Å². The number of nitro groups is 1. The molecule has 0 radical (unpaired) electrons. The molecule has 0 saturated carbocycles. The van der Waals surface area contributed by atoms with E-state index < -0.39 is 4.92 Å². The Hall–Kier alpha value is -1.78. The Labute approximate surface area is 81.3 Å². The average Bonchev–Trinajstić information content (AvgIpc) is 2.11. The Bertz CT molecular complexity index is 384. The molecular formula is C9H12N2O3. The summed E-state index contributed by atoms with van der Waals surface area (Å²) in [4.78, 5) is 10.2. The lowest BCUT2D eigenvalue weighted by atomic mass is 10.0. The molecule has 0 aliphatic rings. The fourth-order valence-electron chi connectivity index (χ4n) is 1.38. The van der Waals surface area contributed by atoms with Crippen LogP contribution in [0.2, 0.25) is 0 Å². The Kier molecular flexibility index (Phi) is 2.33. The number of phenols is 1. The molecule has 0 atom stereocenters. The molecule has 0 spiro atoms. The Balaban J connectivity index is 3.68. The van der Waals surface area contributed by atoms with E-state index >= 15 is 0 Å². The van der Waals surface area contributed by atoms with Crippen LogP contribution >= 0.6 is 0 Å². The van der Waals surface area contributed by atoms with Crippen molar-refractivity contribution in [3.63, 3.8) is 0 Å². The van der Waals surface area contributed by atoms with Crippen molar-refractivity contribution in [2.24, 2.45) is 0 Å². The summed E-state index contributed by atoms with van der Waals surface area (Å²) < 4.78 is 0. The van der Waals surface area contributed by atoms with Crippen molar-refractivity contribution in [1.82, 2.24) is 0 Å². The zero-order chi connectivity index (χ0) is 11.0. The van der Waals surface area contributed by atoms with Gasteiger partial charge in [0.25, 0.3) is 5.69 Å². The van der Waals surface area contributed by atoms with E-state index in [4.69, 9.17) is 5.73 Å². The highest BCUT2D eigenvalue weighted by Gasteiger charge is 2.22. The van der Waals surface area contributed by atoms with Gasteiger partial charge in [0.2, 0.25) is 0 Å². The van der Waals surface area contributed by atoms with Crippen molar-refractivity contribution in [2.75, 3.05) is 5.73 Å². The van der Waals surface area contributed by atoms with E-state index in [1.54, 1.807) is 20.8 Å². The third-order valence-corrected chi connectivity index (χ3v) is 2.47. The van der Waals surface area contributed by atoms with E-state index in [1.165, 1.54) is 0 Å². The molecule has 5 heteroatoms. The number of nitrogens with zero attached hydrogens (tertiary/aromatic N) is 1. The number of hydrogen-bond donors (Lipinski definition) is 2. The lowest BCUT2D eigenvalue weighted by Gasteiger charge is -2.10. The number of rotatable bonds is 1. The van der Waals surface area contributed by atoms with Crippen molar-refractivity contribution in [1.29, 1.82) is 0 Å². The standard InChI is InChI=1S/C9H12N2O3/c1-4-5(2)9(12)6(3)7(10)8(4)11(13)14/h12H,10H2,1-3H3. The first-order valence-corrected chi connectivity index (χ1v) is 4.10. The van der Waals surface area contributed by atoms with Crippen molar-refractivity contribution >= 4 is 11.4 Å². The largest absolute Gasteiger partial charge is 0.507 e. The molecule has 5 nitrogen and oxygen atoms in total. The smallest absolute Gasteiger partial charge is 0.295 e. The van der Waals surface area contributed by atoms with Crippen molar-refractivity contribution < 1.29 is 10.0 Å². The molecule has 0 unspecified atom stereocenters. The maximum atomic E-state index is 10.7. The molecule has 0 heterocycles. The second-order valence-corrected chi connectivity index (χ2v) is 3.24. The number of phenolic OH excluding ortho intramolecular Hbond substituents is 1. The molecule has 76 valence electrons. The highest BCUT2D eigenvalue weighted by Crippen LogP contribution is 2.38. The molecule has 0 amide bonds. The third kappa shape index (κ3) is 1.26. The summed E-state index contributed by atoms with van der Waals surface area (Å²) in [7, 11) is 0. The van der Waals surface area contributed by atoms with Crippen molar-refractivity contribution in [2.45, 2.75) is 20.8 Å². The van der Waals surface area contributed by atoms with Crippen LogP contribution in [0.15, 0.2) is 0 Å². The monoisotopic (exact) mass is 196 g/mol. The molecule has 0 saturated heterocycles. The van der Waals surface area contributed by atoms with Gasteiger partial charge in [-0.3, -0.25) is 10.1 Å². The van der Waals surface area contributed by atoms with Gasteiger partial charge >= 0.3 is 0 Å². The van der Waals surface area contributed by atoms with Crippen LogP contribution in [0.5, 0.6) is 5.75 Å². The number of nitrogen functional groups attached to an aromatic ring is 1. The summed E-state index contributed by atoms with van der Waals surface area (Å²) in [5.41, 5.74) is 6.75. The highest BCUT2D eigenvalue weighted by atomic mass is 16.6. The van der Waals surface area contributed by atoms with E-state index in [0.717, 1.165) is 0 Å². The van der Waals surface area contributed by atoms with Gasteiger partial charge in [-0.1, -0.05) is 0 Å². The molecular weight excluding hydrogens is 184 g/mol. The predicted molar refractivity (Wildman–Crippen MR) is 53.4 cm³/mol. The second kappa shape index (κ2) is 3.17. The summed E-state index contributed by atoms with van der Waals surface area (Å²) in [6.07, 6.45) is 0. The van der Waals surface area contributed by atoms with Gasteiger partial charge in [0.05, 0.1) is 4.92 Å². The van der Waals surface area contributed by atoms with Crippen LogP contribution < -0.4 is 5.73 Å². The number of aromatic hydroxyl groups is 1. The fraction of sp³-hybridized carbons (Fsp3) is 0.333. The first kappa shape index (κ1) is 10.3. The van der Waals surface area contributed by atoms with Crippen LogP contribution in [-0.4, -0.2) is 10.0 Å². The minimum Gasteiger partial charge on any atom is -0.507 e. The van der Waals surface area contributed by atoms with Gasteiger partial charge in [-0.15, -0.1) is 0 Å². The van der Waals surface area contributed by atoms with Gasteiger partial charge in [-0.2, -0.15) is 0 Å². The number of anilines is 1. The first-order chi connectivity index (χ1) is 6.37. The van der Waals surface area contributed by atoms with Gasteiger partial charge in [-0.05, 0) is 20.8 Å². The Morgan fingerprint density at radius 3 is 2.14 bits per heavy atom. The lowest BCUT2D eigenvalue weighted by Crippen LogP contribution is -2.02. The normalized spacial score (nSPS) is 10.2. The minimum atomic E-state index is -0.524. The van der Waals surface area contributed by atoms with E-state index in [9.17, 15) is 15.2 Å². The number of hydrogen-bond acceptors (Lipinski definition) is 4. The zero-order valence-corrected chi connectivity index (χ0v) is 8.29. The van der Waals surface area contributed by atoms with Crippen LogP contribution in [0.4, 0.5) is 11.4 Å². The van der Waals surface area contributed by atoms with Crippen LogP contribution in [0.1, 0.15) is 16.7 Å². The molecule has 0 aromatic heterocycles. The van der Waals surface area contributed by atoms with E-state index in [0.29, 0.717) is 16.7 Å². The zero-order valence-electron chi connectivity index (χ0n) is 8.29. The van der Waals surface area contributed by atoms with Crippen LogP contribution in [0.25, 0.3) is 0 Å². The van der Waals surface area contributed by atoms with E-state index in [-0.39, 0.29) is 17.1 Å². The minimum absolute atomic E-state index is 0.0330. The van der Waals surface area contributed by atoms with Crippen molar-refractivity contribution in [3.05, 3.63) is 26.8 Å². The summed E-state index contributed by atoms with van der Waals surface area (Å²) >= 11 is 0. The van der Waals surface area contributed by atoms with Crippen LogP contribution in [0.3, 0.4) is 0 Å². The topological polar surface area (TPSA) is 89.4 Å². The molecule has 0 bridgehead atoms. The van der Waals surface area contributed by atoms with Crippen LogP contribution in [-0.2, 0) is 0 Å². The Morgan fingerprint density at radius 2 is 1.71 bits per heavy atom. The highest BCUT2D eigenvalue weighted by molar-refractivity contribution is 5.72. The molecule has 0 aliphatic heterocycles. The molecule has 1 aromatic carbocycles. The third-order valence-electron chi connectivity index (χ3n) is 2.47. The van der Waals surface area contributed by atoms with Gasteiger partial charge in [0.15, 0.2) is 0 Å². The van der Waals surface area contributed by atoms with E-state index in [2.05, 4.69) is 0 Å². The molecule has 0 fully saturated rings. The fourth-order valence-corrected chi connectivity index (χ4v) is 1.38. The van der Waals surface area contributed by atoms with Gasteiger partial charge in [-0.25, -0.2) is 0 Å². The molecule has 1 rings (SSSR count). The number of benzene rings is 1. The molecule has 1 aromatic rings. The second-order valence-electron chi connectivity index (χ2n) is 3.24. The molecule has 14 heavy (non-hydrogen) atoms.